The molecule has 0 aromatic heterocycles. The van der Waals surface area contributed by atoms with Crippen LogP contribution in [0, 0.1) is 10.1 Å². The Bertz CT molecular complexity index is 819. The van der Waals surface area contributed by atoms with Crippen molar-refractivity contribution >= 4 is 23.5 Å². The number of nitrogens with one attached hydrogen (secondary N) is 1. The van der Waals surface area contributed by atoms with E-state index in [1.165, 1.54) is 42.2 Å². The first kappa shape index (κ1) is 18.4. The SMILES string of the molecule is O=[N+]([O-])c1ccc([O-])c(C=NC[C@@H](c2ccccc2Cl)[NH+]2CCCC2)c1. The van der Waals surface area contributed by atoms with E-state index in [4.69, 9.17) is 11.6 Å². The number of rotatable bonds is 6. The van der Waals surface area contributed by atoms with Crippen molar-refractivity contribution < 1.29 is 14.9 Å². The van der Waals surface area contributed by atoms with Gasteiger partial charge in [-0.15, -0.1) is 0 Å². The molecular formula is C19H20ClN3O3. The molecule has 0 bridgehead atoms. The van der Waals surface area contributed by atoms with Gasteiger partial charge in [0.05, 0.1) is 24.6 Å². The molecule has 7 heteroatoms. The summed E-state index contributed by atoms with van der Waals surface area (Å²) in [5.41, 5.74) is 1.16. The second-order valence-corrected chi connectivity index (χ2v) is 6.82. The number of nitro benzene ring substituents is 1. The Kier molecular flexibility index (Phi) is 5.85. The summed E-state index contributed by atoms with van der Waals surface area (Å²) in [7, 11) is 0. The van der Waals surface area contributed by atoms with Gasteiger partial charge in [-0.3, -0.25) is 15.1 Å². The highest BCUT2D eigenvalue weighted by molar-refractivity contribution is 6.31. The quantitative estimate of drug-likeness (QED) is 0.478. The Hall–Kier alpha value is -2.44. The van der Waals surface area contributed by atoms with Gasteiger partial charge in [-0.2, -0.15) is 0 Å². The molecule has 1 N–H and O–H groups in total. The first-order valence-corrected chi connectivity index (χ1v) is 8.98. The van der Waals surface area contributed by atoms with Crippen molar-refractivity contribution in [1.29, 1.82) is 0 Å². The molecule has 3 rings (SSSR count). The summed E-state index contributed by atoms with van der Waals surface area (Å²) < 4.78 is 0. The second kappa shape index (κ2) is 8.29. The molecule has 1 atom stereocenters. The predicted octanol–water partition coefficient (Wildman–Crippen LogP) is 2.16. The molecule has 26 heavy (non-hydrogen) atoms. The van der Waals surface area contributed by atoms with Gasteiger partial charge in [0.25, 0.3) is 5.69 Å². The molecule has 1 heterocycles. The van der Waals surface area contributed by atoms with Crippen LogP contribution in [0.25, 0.3) is 0 Å². The number of quaternary nitrogens is 1. The molecule has 0 radical (unpaired) electrons. The number of hydrogen-bond acceptors (Lipinski definition) is 4. The molecular weight excluding hydrogens is 354 g/mol. The van der Waals surface area contributed by atoms with Crippen LogP contribution in [0.5, 0.6) is 5.75 Å². The number of aliphatic imine (C=N–C) groups is 1. The zero-order valence-electron chi connectivity index (χ0n) is 14.2. The topological polar surface area (TPSA) is 83.0 Å². The summed E-state index contributed by atoms with van der Waals surface area (Å²) in [5.74, 6) is -0.276. The number of nitrogens with zero attached hydrogens (tertiary/aromatic N) is 2. The van der Waals surface area contributed by atoms with Crippen molar-refractivity contribution in [3.05, 3.63) is 68.7 Å². The minimum Gasteiger partial charge on any atom is -0.872 e. The zero-order valence-corrected chi connectivity index (χ0v) is 15.0. The van der Waals surface area contributed by atoms with E-state index in [1.54, 1.807) is 0 Å². The van der Waals surface area contributed by atoms with Gasteiger partial charge in [0.1, 0.15) is 6.04 Å². The highest BCUT2D eigenvalue weighted by Gasteiger charge is 2.28. The molecule has 0 amide bonds. The van der Waals surface area contributed by atoms with Crippen LogP contribution in [0.2, 0.25) is 5.02 Å². The molecule has 6 nitrogen and oxygen atoms in total. The van der Waals surface area contributed by atoms with Gasteiger partial charge in [-0.25, -0.2) is 0 Å². The molecule has 0 unspecified atom stereocenters. The second-order valence-electron chi connectivity index (χ2n) is 6.41. The van der Waals surface area contributed by atoms with Crippen molar-refractivity contribution in [3.8, 4) is 5.75 Å². The van der Waals surface area contributed by atoms with Crippen molar-refractivity contribution in [2.75, 3.05) is 19.6 Å². The maximum absolute atomic E-state index is 11.9. The van der Waals surface area contributed by atoms with E-state index in [0.717, 1.165) is 18.7 Å². The highest BCUT2D eigenvalue weighted by atomic mass is 35.5. The molecule has 2 aromatic rings. The molecule has 0 aliphatic carbocycles. The Morgan fingerprint density at radius 2 is 1.96 bits per heavy atom. The standard InChI is InChI=1S/C19H20ClN3O3/c20-17-6-2-1-5-16(17)18(22-9-3-4-10-22)13-21-12-14-11-15(23(25)26)7-8-19(14)24/h1-2,5-8,11-12,18,24H,3-4,9-10,13H2/t18-/m0/s1. The lowest BCUT2D eigenvalue weighted by atomic mass is 10.1. The maximum atomic E-state index is 11.9. The molecule has 1 saturated heterocycles. The largest absolute Gasteiger partial charge is 0.872 e. The summed E-state index contributed by atoms with van der Waals surface area (Å²) in [5, 5.41) is 23.5. The molecule has 136 valence electrons. The molecule has 2 aromatic carbocycles. The predicted molar refractivity (Wildman–Crippen MR) is 99.1 cm³/mol. The van der Waals surface area contributed by atoms with E-state index in [0.29, 0.717) is 11.6 Å². The first-order valence-electron chi connectivity index (χ1n) is 8.60. The fourth-order valence-electron chi connectivity index (χ4n) is 3.39. The van der Waals surface area contributed by atoms with Gasteiger partial charge in [0.2, 0.25) is 0 Å². The number of non-ortho nitro benzene ring substituents is 1. The third-order valence-electron chi connectivity index (χ3n) is 4.74. The summed E-state index contributed by atoms with van der Waals surface area (Å²) in [6, 6.07) is 11.5. The number of benzene rings is 2. The van der Waals surface area contributed by atoms with Crippen molar-refractivity contribution in [1.82, 2.24) is 0 Å². The summed E-state index contributed by atoms with van der Waals surface area (Å²) in [6.07, 6.45) is 3.79. The Morgan fingerprint density at radius 1 is 1.23 bits per heavy atom. The average Bonchev–Trinajstić information content (AvgIpc) is 3.15. The smallest absolute Gasteiger partial charge is 0.270 e. The lowest BCUT2D eigenvalue weighted by molar-refractivity contribution is -0.918. The minimum absolute atomic E-state index is 0.108. The van der Waals surface area contributed by atoms with E-state index in [-0.39, 0.29) is 23.0 Å². The zero-order chi connectivity index (χ0) is 18.5. The summed E-state index contributed by atoms with van der Waals surface area (Å²) in [6.45, 7) is 2.60. The van der Waals surface area contributed by atoms with Gasteiger partial charge in [0.15, 0.2) is 0 Å². The average molecular weight is 374 g/mol. The van der Waals surface area contributed by atoms with E-state index in [9.17, 15) is 15.2 Å². The lowest BCUT2D eigenvalue weighted by Gasteiger charge is -2.24. The van der Waals surface area contributed by atoms with Crippen LogP contribution in [0.4, 0.5) is 5.69 Å². The van der Waals surface area contributed by atoms with Gasteiger partial charge in [0, 0.05) is 41.8 Å². The van der Waals surface area contributed by atoms with Crippen LogP contribution < -0.4 is 10.0 Å². The van der Waals surface area contributed by atoms with Gasteiger partial charge in [-0.1, -0.05) is 41.6 Å². The normalized spacial score (nSPS) is 16.2. The van der Waals surface area contributed by atoms with Crippen LogP contribution in [0.3, 0.4) is 0 Å². The van der Waals surface area contributed by atoms with Gasteiger partial charge < -0.3 is 10.0 Å². The van der Waals surface area contributed by atoms with E-state index >= 15 is 0 Å². The van der Waals surface area contributed by atoms with Crippen LogP contribution >= 0.6 is 11.6 Å². The fourth-order valence-corrected chi connectivity index (χ4v) is 3.66. The first-order chi connectivity index (χ1) is 12.6. The minimum atomic E-state index is -0.516. The van der Waals surface area contributed by atoms with Gasteiger partial charge in [-0.05, 0) is 11.6 Å². The van der Waals surface area contributed by atoms with E-state index < -0.39 is 4.92 Å². The highest BCUT2D eigenvalue weighted by Crippen LogP contribution is 2.23. The van der Waals surface area contributed by atoms with Crippen molar-refractivity contribution in [2.24, 2.45) is 4.99 Å². The number of likely N-dealkylation sites (tertiary alicyclic amines) is 1. The van der Waals surface area contributed by atoms with Gasteiger partial charge >= 0.3 is 0 Å². The Labute approximate surface area is 156 Å². The molecule has 1 aliphatic heterocycles. The number of hydrogen-bond donors (Lipinski definition) is 1. The maximum Gasteiger partial charge on any atom is 0.270 e. The van der Waals surface area contributed by atoms with Crippen molar-refractivity contribution in [3.63, 3.8) is 0 Å². The van der Waals surface area contributed by atoms with Crippen LogP contribution in [-0.2, 0) is 0 Å². The van der Waals surface area contributed by atoms with Crippen LogP contribution in [0.15, 0.2) is 47.5 Å². The monoisotopic (exact) mass is 373 g/mol. The molecule has 0 saturated carbocycles. The number of nitro groups is 1. The Balaban J connectivity index is 1.82. The van der Waals surface area contributed by atoms with E-state index in [1.807, 2.05) is 24.3 Å². The molecule has 1 aliphatic rings. The van der Waals surface area contributed by atoms with Crippen LogP contribution in [-0.4, -0.2) is 30.8 Å². The van der Waals surface area contributed by atoms with Crippen LogP contribution in [0.1, 0.15) is 30.0 Å². The third-order valence-corrected chi connectivity index (χ3v) is 5.09. The fraction of sp³-hybridized carbons (Fsp3) is 0.316. The van der Waals surface area contributed by atoms with Crippen molar-refractivity contribution in [2.45, 2.75) is 18.9 Å². The molecule has 0 spiro atoms. The Morgan fingerprint density at radius 3 is 2.65 bits per heavy atom. The summed E-state index contributed by atoms with van der Waals surface area (Å²) in [4.78, 5) is 16.2. The molecule has 1 fully saturated rings. The summed E-state index contributed by atoms with van der Waals surface area (Å²) >= 11 is 6.38. The van der Waals surface area contributed by atoms with E-state index in [2.05, 4.69) is 4.99 Å². The number of halogens is 1. The lowest BCUT2D eigenvalue weighted by Crippen LogP contribution is -3.10. The third kappa shape index (κ3) is 4.20.